The highest BCUT2D eigenvalue weighted by molar-refractivity contribution is 9.10. The zero-order valence-corrected chi connectivity index (χ0v) is 18.8. The van der Waals surface area contributed by atoms with Crippen LogP contribution in [0.15, 0.2) is 73.3 Å². The second kappa shape index (κ2) is 7.56. The number of fused-ring (bicyclic) bond motifs is 2. The first-order valence-electron chi connectivity index (χ1n) is 8.57. The van der Waals surface area contributed by atoms with Gasteiger partial charge in [0.05, 0.1) is 31.6 Å². The van der Waals surface area contributed by atoms with E-state index in [4.69, 9.17) is 4.42 Å². The molecule has 4 aromatic rings. The van der Waals surface area contributed by atoms with Gasteiger partial charge in [0, 0.05) is 21.7 Å². The fourth-order valence-corrected chi connectivity index (χ4v) is 4.97. The average molecular weight is 540 g/mol. The van der Waals surface area contributed by atoms with Gasteiger partial charge in [0.25, 0.3) is 15.8 Å². The van der Waals surface area contributed by atoms with E-state index in [9.17, 15) is 36.1 Å². The molecule has 13 heteroatoms. The smallest absolute Gasteiger partial charge is 0.368 e. The van der Waals surface area contributed by atoms with Crippen molar-refractivity contribution in [2.75, 3.05) is 0 Å². The average Bonchev–Trinajstić information content (AvgIpc) is 2.69. The molecule has 1 aromatic heterocycles. The van der Waals surface area contributed by atoms with Gasteiger partial charge >= 0.3 is 11.2 Å². The minimum atomic E-state index is -5.21. The number of hydrogen-bond acceptors (Lipinski definition) is 7. The monoisotopic (exact) mass is 539 g/mol. The van der Waals surface area contributed by atoms with Crippen LogP contribution in [0.2, 0.25) is 0 Å². The van der Waals surface area contributed by atoms with Crippen LogP contribution in [-0.2, 0) is 20.2 Å². The SMILES string of the molecule is O=[N+]([O-])c1ccc2c(-c3ccc(S(=O)(=O)O)cc3S(=O)(=O)[O-])c3ccc(Br)cc3[o+]c2c1. The summed E-state index contributed by atoms with van der Waals surface area (Å²) in [7, 11) is -10.00. The Morgan fingerprint density at radius 2 is 1.53 bits per heavy atom. The Morgan fingerprint density at radius 1 is 0.906 bits per heavy atom. The number of nitrogens with zero attached hydrogens (tertiary/aromatic N) is 1. The van der Waals surface area contributed by atoms with Crippen molar-refractivity contribution >= 4 is 63.8 Å². The van der Waals surface area contributed by atoms with Gasteiger partial charge in [-0.3, -0.25) is 14.7 Å². The highest BCUT2D eigenvalue weighted by atomic mass is 79.9. The number of nitro benzene ring substituents is 1. The van der Waals surface area contributed by atoms with Crippen LogP contribution >= 0.6 is 15.9 Å². The molecule has 0 bridgehead atoms. The summed E-state index contributed by atoms with van der Waals surface area (Å²) in [4.78, 5) is 8.90. The molecule has 1 N–H and O–H groups in total. The number of nitro groups is 1. The van der Waals surface area contributed by atoms with E-state index in [0.717, 1.165) is 18.2 Å². The number of non-ortho nitro benzene ring substituents is 1. The second-order valence-corrected chi connectivity index (χ2v) is 10.3. The molecule has 0 saturated heterocycles. The fraction of sp³-hybridized carbons (Fsp3) is 0. The number of rotatable bonds is 4. The van der Waals surface area contributed by atoms with Crippen LogP contribution in [0.5, 0.6) is 0 Å². The van der Waals surface area contributed by atoms with E-state index >= 15 is 0 Å². The molecule has 0 amide bonds. The van der Waals surface area contributed by atoms with Crippen molar-refractivity contribution in [2.45, 2.75) is 9.79 Å². The molecular formula is C19H10BrNO9S2. The molecule has 0 unspecified atom stereocenters. The lowest BCUT2D eigenvalue weighted by molar-refractivity contribution is -0.384. The summed E-state index contributed by atoms with van der Waals surface area (Å²) in [5.41, 5.74) is -0.00217. The number of hydrogen-bond donors (Lipinski definition) is 1. The third-order valence-electron chi connectivity index (χ3n) is 4.67. The second-order valence-electron chi connectivity index (χ2n) is 6.64. The fourth-order valence-electron chi connectivity index (χ4n) is 3.33. The van der Waals surface area contributed by atoms with Crippen molar-refractivity contribution in [3.63, 3.8) is 0 Å². The third-order valence-corrected chi connectivity index (χ3v) is 6.89. The number of benzene rings is 3. The minimum Gasteiger partial charge on any atom is -0.744 e. The molecule has 0 saturated carbocycles. The van der Waals surface area contributed by atoms with E-state index in [-0.39, 0.29) is 33.4 Å². The highest BCUT2D eigenvalue weighted by Gasteiger charge is 2.26. The summed E-state index contributed by atoms with van der Waals surface area (Å²) in [5, 5.41) is 11.8. The van der Waals surface area contributed by atoms with Crippen molar-refractivity contribution in [2.24, 2.45) is 0 Å². The minimum absolute atomic E-state index is 0.0351. The predicted molar refractivity (Wildman–Crippen MR) is 116 cm³/mol. The highest BCUT2D eigenvalue weighted by Crippen LogP contribution is 2.41. The molecule has 0 spiro atoms. The van der Waals surface area contributed by atoms with Gasteiger partial charge in [-0.1, -0.05) is 22.0 Å². The lowest BCUT2D eigenvalue weighted by Crippen LogP contribution is -2.06. The van der Waals surface area contributed by atoms with Crippen molar-refractivity contribution in [3.8, 4) is 11.1 Å². The molecule has 1 heterocycles. The van der Waals surface area contributed by atoms with Gasteiger partial charge in [0.2, 0.25) is 0 Å². The van der Waals surface area contributed by atoms with Crippen LogP contribution in [0, 0.1) is 10.1 Å². The first kappa shape index (κ1) is 22.2. The predicted octanol–water partition coefficient (Wildman–Crippen LogP) is 4.36. The molecule has 0 radical (unpaired) electrons. The Bertz CT molecular complexity index is 1670. The van der Waals surface area contributed by atoms with Crippen LogP contribution < -0.4 is 0 Å². The first-order valence-corrected chi connectivity index (χ1v) is 12.2. The Balaban J connectivity index is 2.22. The normalized spacial score (nSPS) is 12.3. The zero-order valence-electron chi connectivity index (χ0n) is 15.6. The molecule has 10 nitrogen and oxygen atoms in total. The van der Waals surface area contributed by atoms with Gasteiger partial charge in [0.15, 0.2) is 0 Å². The van der Waals surface area contributed by atoms with E-state index in [1.165, 1.54) is 12.1 Å². The quantitative estimate of drug-likeness (QED) is 0.130. The van der Waals surface area contributed by atoms with Crippen LogP contribution in [0.4, 0.5) is 5.69 Å². The lowest BCUT2D eigenvalue weighted by atomic mass is 9.97. The molecule has 0 atom stereocenters. The topological polar surface area (TPSA) is 166 Å². The summed E-state index contributed by atoms with van der Waals surface area (Å²) < 4.78 is 74.7. The summed E-state index contributed by atoms with van der Waals surface area (Å²) >= 11 is 3.28. The molecular weight excluding hydrogens is 530 g/mol. The van der Waals surface area contributed by atoms with Crippen molar-refractivity contribution in [3.05, 3.63) is 69.2 Å². The Hall–Kier alpha value is -2.97. The van der Waals surface area contributed by atoms with Crippen molar-refractivity contribution < 1.29 is 35.3 Å². The van der Waals surface area contributed by atoms with Gasteiger partial charge in [-0.2, -0.15) is 8.42 Å². The molecule has 164 valence electrons. The molecule has 0 aliphatic heterocycles. The van der Waals surface area contributed by atoms with Crippen LogP contribution in [0.1, 0.15) is 0 Å². The van der Waals surface area contributed by atoms with Crippen LogP contribution in [0.25, 0.3) is 33.1 Å². The third kappa shape index (κ3) is 3.96. The Kier molecular flexibility index (Phi) is 5.26. The van der Waals surface area contributed by atoms with Gasteiger partial charge in [-0.05, 0) is 30.3 Å². The van der Waals surface area contributed by atoms with Crippen LogP contribution in [0.3, 0.4) is 0 Å². The Morgan fingerprint density at radius 3 is 2.12 bits per heavy atom. The van der Waals surface area contributed by atoms with Gasteiger partial charge < -0.3 is 4.55 Å². The Labute approximate surface area is 188 Å². The zero-order chi connectivity index (χ0) is 23.4. The van der Waals surface area contributed by atoms with Crippen molar-refractivity contribution in [1.82, 2.24) is 0 Å². The van der Waals surface area contributed by atoms with Gasteiger partial charge in [-0.15, -0.1) is 0 Å². The van der Waals surface area contributed by atoms with Crippen molar-refractivity contribution in [1.29, 1.82) is 0 Å². The van der Waals surface area contributed by atoms with E-state index in [0.29, 0.717) is 15.9 Å². The standard InChI is InChI=1S/C19H10BrNO9S2/c20-10-1-4-13-16(7-10)30-17-8-11(21(22)23)2-5-14(17)19(13)15-6-3-12(31(24,25)26)9-18(15)32(27,28)29/h1-9H,(H-,24,25,26,27,28,29). The summed E-state index contributed by atoms with van der Waals surface area (Å²) in [5.74, 6) is 0. The van der Waals surface area contributed by atoms with E-state index in [2.05, 4.69) is 15.9 Å². The molecule has 0 fully saturated rings. The van der Waals surface area contributed by atoms with Gasteiger partial charge in [-0.25, -0.2) is 12.8 Å². The first-order chi connectivity index (χ1) is 14.9. The molecule has 4 rings (SSSR count). The maximum Gasteiger partial charge on any atom is 0.368 e. The van der Waals surface area contributed by atoms with E-state index in [1.54, 1.807) is 18.2 Å². The number of halogens is 1. The van der Waals surface area contributed by atoms with Gasteiger partial charge in [0.1, 0.15) is 16.2 Å². The summed E-state index contributed by atoms with van der Waals surface area (Å²) in [6.45, 7) is 0. The largest absolute Gasteiger partial charge is 0.744 e. The molecule has 3 aromatic carbocycles. The lowest BCUT2D eigenvalue weighted by Gasteiger charge is -2.15. The molecule has 0 aliphatic carbocycles. The van der Waals surface area contributed by atoms with E-state index in [1.807, 2.05) is 0 Å². The maximum atomic E-state index is 12.0. The van der Waals surface area contributed by atoms with E-state index < -0.39 is 35.0 Å². The maximum absolute atomic E-state index is 12.0. The summed E-state index contributed by atoms with van der Waals surface area (Å²) in [6, 6.07) is 11.0. The molecule has 32 heavy (non-hydrogen) atoms. The molecule has 0 aliphatic rings. The summed E-state index contributed by atoms with van der Waals surface area (Å²) in [6.07, 6.45) is 0. The van der Waals surface area contributed by atoms with Crippen LogP contribution in [-0.4, -0.2) is 30.9 Å².